The molecular weight excluding hydrogens is 128 g/mol. The summed E-state index contributed by atoms with van der Waals surface area (Å²) in [4.78, 5) is 0. The summed E-state index contributed by atoms with van der Waals surface area (Å²) < 4.78 is 0. The summed E-state index contributed by atoms with van der Waals surface area (Å²) in [6, 6.07) is 0. The molecule has 0 heterocycles. The molecule has 0 saturated carbocycles. The van der Waals surface area contributed by atoms with Crippen LogP contribution in [0.1, 0.15) is 25.7 Å². The lowest BCUT2D eigenvalue weighted by molar-refractivity contribution is 0.297. The topological polar surface area (TPSA) is 40.5 Å². The lowest BCUT2D eigenvalue weighted by Gasteiger charge is -2.16. The molecular formula is C8H14O2. The molecule has 1 aliphatic rings. The van der Waals surface area contributed by atoms with Gasteiger partial charge in [-0.3, -0.25) is 0 Å². The number of aliphatic hydroxyl groups is 2. The summed E-state index contributed by atoms with van der Waals surface area (Å²) in [5.74, 6) is 0. The Morgan fingerprint density at radius 1 is 0.900 bits per heavy atom. The SMILES string of the molecule is OCC1=C(CO)CCCC1. The van der Waals surface area contributed by atoms with Crippen LogP contribution >= 0.6 is 0 Å². The molecule has 0 bridgehead atoms. The minimum absolute atomic E-state index is 0.135. The van der Waals surface area contributed by atoms with E-state index in [0.717, 1.165) is 24.0 Å². The maximum atomic E-state index is 8.82. The van der Waals surface area contributed by atoms with Crippen LogP contribution in [0.4, 0.5) is 0 Å². The van der Waals surface area contributed by atoms with Crippen molar-refractivity contribution in [1.29, 1.82) is 0 Å². The van der Waals surface area contributed by atoms with Crippen molar-refractivity contribution in [3.8, 4) is 0 Å². The van der Waals surface area contributed by atoms with Crippen LogP contribution in [0.5, 0.6) is 0 Å². The largest absolute Gasteiger partial charge is 0.392 e. The molecule has 0 amide bonds. The Morgan fingerprint density at radius 2 is 1.30 bits per heavy atom. The van der Waals surface area contributed by atoms with Gasteiger partial charge < -0.3 is 10.2 Å². The van der Waals surface area contributed by atoms with Gasteiger partial charge >= 0.3 is 0 Å². The summed E-state index contributed by atoms with van der Waals surface area (Å²) in [7, 11) is 0. The Hall–Kier alpha value is -0.340. The van der Waals surface area contributed by atoms with E-state index in [0.29, 0.717) is 0 Å². The molecule has 0 unspecified atom stereocenters. The van der Waals surface area contributed by atoms with E-state index in [-0.39, 0.29) is 13.2 Å². The Morgan fingerprint density at radius 3 is 1.60 bits per heavy atom. The molecule has 0 saturated heterocycles. The lowest BCUT2D eigenvalue weighted by atomic mass is 9.93. The number of aliphatic hydroxyl groups excluding tert-OH is 2. The standard InChI is InChI=1S/C8H14O2/c9-5-7-3-1-2-4-8(7)6-10/h9-10H,1-6H2. The maximum absolute atomic E-state index is 8.82. The monoisotopic (exact) mass is 142 g/mol. The molecule has 0 aromatic heterocycles. The Labute approximate surface area is 61.2 Å². The molecule has 10 heavy (non-hydrogen) atoms. The molecule has 0 atom stereocenters. The highest BCUT2D eigenvalue weighted by Crippen LogP contribution is 2.23. The number of hydrogen-bond donors (Lipinski definition) is 2. The first kappa shape index (κ1) is 7.76. The van der Waals surface area contributed by atoms with Crippen molar-refractivity contribution in [1.82, 2.24) is 0 Å². The van der Waals surface area contributed by atoms with Gasteiger partial charge in [0, 0.05) is 0 Å². The van der Waals surface area contributed by atoms with Gasteiger partial charge in [0.1, 0.15) is 0 Å². The van der Waals surface area contributed by atoms with E-state index < -0.39 is 0 Å². The van der Waals surface area contributed by atoms with E-state index in [1.165, 1.54) is 12.8 Å². The van der Waals surface area contributed by atoms with Gasteiger partial charge in [0.05, 0.1) is 13.2 Å². The van der Waals surface area contributed by atoms with E-state index >= 15 is 0 Å². The van der Waals surface area contributed by atoms with Crippen molar-refractivity contribution in [2.45, 2.75) is 25.7 Å². The first-order valence-corrected chi connectivity index (χ1v) is 3.80. The van der Waals surface area contributed by atoms with Crippen molar-refractivity contribution in [3.05, 3.63) is 11.1 Å². The molecule has 0 aromatic carbocycles. The van der Waals surface area contributed by atoms with Crippen molar-refractivity contribution >= 4 is 0 Å². The Balaban J connectivity index is 2.63. The zero-order chi connectivity index (χ0) is 7.40. The molecule has 0 fully saturated rings. The van der Waals surface area contributed by atoms with Gasteiger partial charge in [-0.25, -0.2) is 0 Å². The normalized spacial score (nSPS) is 19.8. The van der Waals surface area contributed by atoms with Gasteiger partial charge in [-0.15, -0.1) is 0 Å². The Bertz CT molecular complexity index is 122. The molecule has 2 N–H and O–H groups in total. The van der Waals surface area contributed by atoms with E-state index in [1.807, 2.05) is 0 Å². The fourth-order valence-electron chi connectivity index (χ4n) is 1.41. The highest BCUT2D eigenvalue weighted by Gasteiger charge is 2.09. The number of rotatable bonds is 2. The fourth-order valence-corrected chi connectivity index (χ4v) is 1.41. The average molecular weight is 142 g/mol. The van der Waals surface area contributed by atoms with Crippen LogP contribution in [0, 0.1) is 0 Å². The van der Waals surface area contributed by atoms with Crippen LogP contribution < -0.4 is 0 Å². The zero-order valence-corrected chi connectivity index (χ0v) is 6.14. The minimum atomic E-state index is 0.135. The van der Waals surface area contributed by atoms with E-state index in [2.05, 4.69) is 0 Å². The molecule has 0 aromatic rings. The van der Waals surface area contributed by atoms with Crippen molar-refractivity contribution < 1.29 is 10.2 Å². The summed E-state index contributed by atoms with van der Waals surface area (Å²) in [6.07, 6.45) is 4.29. The first-order valence-electron chi connectivity index (χ1n) is 3.80. The predicted octanol–water partition coefficient (Wildman–Crippen LogP) is 0.842. The highest BCUT2D eigenvalue weighted by atomic mass is 16.3. The van der Waals surface area contributed by atoms with Crippen molar-refractivity contribution in [3.63, 3.8) is 0 Å². The predicted molar refractivity (Wildman–Crippen MR) is 39.7 cm³/mol. The van der Waals surface area contributed by atoms with E-state index in [1.54, 1.807) is 0 Å². The average Bonchev–Trinajstić information content (AvgIpc) is 2.04. The smallest absolute Gasteiger partial charge is 0.0645 e. The van der Waals surface area contributed by atoms with Gasteiger partial charge in [-0.2, -0.15) is 0 Å². The van der Waals surface area contributed by atoms with Crippen LogP contribution in [0.2, 0.25) is 0 Å². The van der Waals surface area contributed by atoms with Gasteiger partial charge in [-0.1, -0.05) is 0 Å². The molecule has 2 heteroatoms. The fraction of sp³-hybridized carbons (Fsp3) is 0.750. The van der Waals surface area contributed by atoms with Gasteiger partial charge in [0.2, 0.25) is 0 Å². The van der Waals surface area contributed by atoms with Crippen molar-refractivity contribution in [2.24, 2.45) is 0 Å². The lowest BCUT2D eigenvalue weighted by Crippen LogP contribution is -2.06. The van der Waals surface area contributed by atoms with Gasteiger partial charge in [0.15, 0.2) is 0 Å². The van der Waals surface area contributed by atoms with Crippen LogP contribution in [-0.4, -0.2) is 23.4 Å². The van der Waals surface area contributed by atoms with Gasteiger partial charge in [-0.05, 0) is 36.8 Å². The maximum Gasteiger partial charge on any atom is 0.0645 e. The van der Waals surface area contributed by atoms with Gasteiger partial charge in [0.25, 0.3) is 0 Å². The van der Waals surface area contributed by atoms with Crippen LogP contribution in [0.3, 0.4) is 0 Å². The summed E-state index contributed by atoms with van der Waals surface area (Å²) in [6.45, 7) is 0.270. The minimum Gasteiger partial charge on any atom is -0.392 e. The van der Waals surface area contributed by atoms with Crippen LogP contribution in [0.25, 0.3) is 0 Å². The van der Waals surface area contributed by atoms with Crippen molar-refractivity contribution in [2.75, 3.05) is 13.2 Å². The molecule has 0 aliphatic heterocycles. The second kappa shape index (κ2) is 3.74. The molecule has 2 nitrogen and oxygen atoms in total. The second-order valence-electron chi connectivity index (χ2n) is 2.73. The van der Waals surface area contributed by atoms with E-state index in [4.69, 9.17) is 10.2 Å². The molecule has 58 valence electrons. The third kappa shape index (κ3) is 1.58. The third-order valence-corrected chi connectivity index (χ3v) is 2.09. The van der Waals surface area contributed by atoms with E-state index in [9.17, 15) is 0 Å². The quantitative estimate of drug-likeness (QED) is 0.561. The molecule has 1 rings (SSSR count). The molecule has 1 aliphatic carbocycles. The molecule has 0 radical (unpaired) electrons. The zero-order valence-electron chi connectivity index (χ0n) is 6.14. The third-order valence-electron chi connectivity index (χ3n) is 2.09. The second-order valence-corrected chi connectivity index (χ2v) is 2.73. The Kier molecular flexibility index (Phi) is 2.90. The van der Waals surface area contributed by atoms with Crippen LogP contribution in [0.15, 0.2) is 11.1 Å². The molecule has 0 spiro atoms. The summed E-state index contributed by atoms with van der Waals surface area (Å²) in [5, 5.41) is 17.6. The first-order chi connectivity index (χ1) is 4.88. The van der Waals surface area contributed by atoms with Crippen LogP contribution in [-0.2, 0) is 0 Å². The highest BCUT2D eigenvalue weighted by molar-refractivity contribution is 5.17. The summed E-state index contributed by atoms with van der Waals surface area (Å²) >= 11 is 0. The summed E-state index contributed by atoms with van der Waals surface area (Å²) in [5.41, 5.74) is 2.13. The number of hydrogen-bond acceptors (Lipinski definition) is 2.